The summed E-state index contributed by atoms with van der Waals surface area (Å²) >= 11 is 0. The van der Waals surface area contributed by atoms with Gasteiger partial charge in [0.1, 0.15) is 5.75 Å². The topological polar surface area (TPSA) is 46.5 Å². The molecule has 0 aromatic heterocycles. The number of aliphatic carboxylic acids is 1. The molecule has 0 amide bonds. The van der Waals surface area contributed by atoms with Gasteiger partial charge in [0.05, 0.1) is 13.0 Å². The van der Waals surface area contributed by atoms with Crippen molar-refractivity contribution < 1.29 is 14.6 Å². The predicted octanol–water partition coefficient (Wildman–Crippen LogP) is 2.20. The normalized spacial score (nSPS) is 19.4. The first-order valence-electron chi connectivity index (χ1n) is 5.12. The van der Waals surface area contributed by atoms with E-state index in [9.17, 15) is 4.79 Å². The first-order chi connectivity index (χ1) is 7.22. The fourth-order valence-electron chi connectivity index (χ4n) is 2.17. The molecular weight excluding hydrogens is 192 g/mol. The Kier molecular flexibility index (Phi) is 2.62. The van der Waals surface area contributed by atoms with E-state index in [4.69, 9.17) is 9.84 Å². The van der Waals surface area contributed by atoms with Crippen molar-refractivity contribution in [2.45, 2.75) is 25.2 Å². The van der Waals surface area contributed by atoms with Crippen LogP contribution in [0.25, 0.3) is 0 Å². The summed E-state index contributed by atoms with van der Waals surface area (Å²) in [6.07, 6.45) is 2.64. The zero-order chi connectivity index (χ0) is 10.8. The molecule has 1 N–H and O–H groups in total. The molecular formula is C12H14O3. The number of carbonyl (C=O) groups is 1. The molecule has 1 aliphatic carbocycles. The summed E-state index contributed by atoms with van der Waals surface area (Å²) < 4.78 is 5.13. The highest BCUT2D eigenvalue weighted by molar-refractivity contribution is 5.77. The van der Waals surface area contributed by atoms with Crippen molar-refractivity contribution in [2.24, 2.45) is 0 Å². The maximum Gasteiger partial charge on any atom is 0.310 e. The minimum Gasteiger partial charge on any atom is -0.497 e. The Labute approximate surface area is 88.7 Å². The number of fused-ring (bicyclic) bond motifs is 1. The number of carboxylic acids is 1. The van der Waals surface area contributed by atoms with Crippen LogP contribution < -0.4 is 4.74 Å². The molecule has 3 nitrogen and oxygen atoms in total. The minimum absolute atomic E-state index is 0.334. The second-order valence-electron chi connectivity index (χ2n) is 3.85. The first-order valence-corrected chi connectivity index (χ1v) is 5.12. The fraction of sp³-hybridized carbons (Fsp3) is 0.417. The molecule has 1 aliphatic rings. The van der Waals surface area contributed by atoms with Gasteiger partial charge in [-0.25, -0.2) is 0 Å². The van der Waals surface area contributed by atoms with Crippen molar-refractivity contribution >= 4 is 5.97 Å². The molecule has 0 saturated carbocycles. The van der Waals surface area contributed by atoms with E-state index in [0.29, 0.717) is 0 Å². The summed E-state index contributed by atoms with van der Waals surface area (Å²) in [6.45, 7) is 0. The van der Waals surface area contributed by atoms with Crippen molar-refractivity contribution in [2.75, 3.05) is 7.11 Å². The van der Waals surface area contributed by atoms with Crippen LogP contribution in [0.15, 0.2) is 18.2 Å². The van der Waals surface area contributed by atoms with Gasteiger partial charge in [0.2, 0.25) is 0 Å². The molecule has 3 heteroatoms. The van der Waals surface area contributed by atoms with E-state index in [0.717, 1.165) is 36.1 Å². The van der Waals surface area contributed by atoms with Gasteiger partial charge in [-0.1, -0.05) is 6.07 Å². The van der Waals surface area contributed by atoms with Crippen molar-refractivity contribution in [3.05, 3.63) is 29.3 Å². The molecule has 15 heavy (non-hydrogen) atoms. The van der Waals surface area contributed by atoms with Crippen LogP contribution in [-0.2, 0) is 11.2 Å². The van der Waals surface area contributed by atoms with Crippen molar-refractivity contribution in [1.82, 2.24) is 0 Å². The second-order valence-corrected chi connectivity index (χ2v) is 3.85. The third-order valence-electron chi connectivity index (χ3n) is 2.96. The molecule has 0 spiro atoms. The van der Waals surface area contributed by atoms with Crippen LogP contribution in [0.4, 0.5) is 0 Å². The van der Waals surface area contributed by atoms with E-state index in [1.54, 1.807) is 7.11 Å². The highest BCUT2D eigenvalue weighted by atomic mass is 16.5. The lowest BCUT2D eigenvalue weighted by Crippen LogP contribution is -2.17. The standard InChI is InChI=1S/C12H14O3/c1-15-9-5-6-10-8(7-9)3-2-4-11(10)12(13)14/h5-7,11H,2-4H2,1H3,(H,13,14)/t11-/m1/s1. The van der Waals surface area contributed by atoms with Crippen LogP contribution in [0.2, 0.25) is 0 Å². The number of carboxylic acid groups (broad SMARTS) is 1. The van der Waals surface area contributed by atoms with Crippen LogP contribution in [-0.4, -0.2) is 18.2 Å². The highest BCUT2D eigenvalue weighted by Gasteiger charge is 2.26. The average molecular weight is 206 g/mol. The molecule has 1 atom stereocenters. The summed E-state index contributed by atoms with van der Waals surface area (Å²) in [5.74, 6) is -0.249. The average Bonchev–Trinajstić information content (AvgIpc) is 2.27. The van der Waals surface area contributed by atoms with Gasteiger partial charge in [-0.15, -0.1) is 0 Å². The molecule has 0 heterocycles. The quantitative estimate of drug-likeness (QED) is 0.806. The summed E-state index contributed by atoms with van der Waals surface area (Å²) in [4.78, 5) is 11.0. The van der Waals surface area contributed by atoms with Gasteiger partial charge in [0.15, 0.2) is 0 Å². The molecule has 0 radical (unpaired) electrons. The number of rotatable bonds is 2. The SMILES string of the molecule is COc1ccc2c(c1)CCC[C@H]2C(=O)O. The summed E-state index contributed by atoms with van der Waals surface area (Å²) in [7, 11) is 1.62. The molecule has 80 valence electrons. The number of methoxy groups -OCH3 is 1. The molecule has 1 aromatic rings. The second kappa shape index (κ2) is 3.93. The number of ether oxygens (including phenoxy) is 1. The lowest BCUT2D eigenvalue weighted by Gasteiger charge is -2.22. The van der Waals surface area contributed by atoms with Crippen LogP contribution in [0, 0.1) is 0 Å². The molecule has 0 fully saturated rings. The number of hydrogen-bond acceptors (Lipinski definition) is 2. The fourth-order valence-corrected chi connectivity index (χ4v) is 2.17. The van der Waals surface area contributed by atoms with E-state index < -0.39 is 5.97 Å². The van der Waals surface area contributed by atoms with Gasteiger partial charge in [-0.2, -0.15) is 0 Å². The molecule has 0 saturated heterocycles. The minimum atomic E-state index is -0.721. The lowest BCUT2D eigenvalue weighted by atomic mass is 9.83. The third kappa shape index (κ3) is 1.82. The highest BCUT2D eigenvalue weighted by Crippen LogP contribution is 2.33. The monoisotopic (exact) mass is 206 g/mol. The van der Waals surface area contributed by atoms with Gasteiger partial charge in [-0.05, 0) is 42.5 Å². The Balaban J connectivity index is 2.40. The maximum atomic E-state index is 11.0. The van der Waals surface area contributed by atoms with Crippen LogP contribution in [0.1, 0.15) is 29.9 Å². The van der Waals surface area contributed by atoms with Gasteiger partial charge < -0.3 is 9.84 Å². The van der Waals surface area contributed by atoms with Gasteiger partial charge in [-0.3, -0.25) is 4.79 Å². The third-order valence-corrected chi connectivity index (χ3v) is 2.96. The van der Waals surface area contributed by atoms with Crippen LogP contribution in [0.3, 0.4) is 0 Å². The summed E-state index contributed by atoms with van der Waals surface area (Å²) in [5, 5.41) is 9.08. The maximum absolute atomic E-state index is 11.0. The number of benzene rings is 1. The number of hydrogen-bond donors (Lipinski definition) is 1. The lowest BCUT2D eigenvalue weighted by molar-refractivity contribution is -0.139. The van der Waals surface area contributed by atoms with E-state index in [1.165, 1.54) is 0 Å². The zero-order valence-corrected chi connectivity index (χ0v) is 8.69. The Bertz CT molecular complexity index is 384. The first kappa shape index (κ1) is 10.0. The summed E-state index contributed by atoms with van der Waals surface area (Å²) in [6, 6.07) is 5.66. The Morgan fingerprint density at radius 3 is 3.00 bits per heavy atom. The molecule has 2 rings (SSSR count). The van der Waals surface area contributed by atoms with Gasteiger partial charge >= 0.3 is 5.97 Å². The molecule has 0 unspecified atom stereocenters. The Morgan fingerprint density at radius 1 is 1.53 bits per heavy atom. The molecule has 0 aliphatic heterocycles. The summed E-state index contributed by atoms with van der Waals surface area (Å²) in [5.41, 5.74) is 2.07. The number of aryl methyl sites for hydroxylation is 1. The van der Waals surface area contributed by atoms with Crippen molar-refractivity contribution in [3.8, 4) is 5.75 Å². The molecule has 1 aromatic carbocycles. The smallest absolute Gasteiger partial charge is 0.310 e. The van der Waals surface area contributed by atoms with Gasteiger partial charge in [0.25, 0.3) is 0 Å². The predicted molar refractivity (Wildman–Crippen MR) is 56.3 cm³/mol. The Morgan fingerprint density at radius 2 is 2.33 bits per heavy atom. The van der Waals surface area contributed by atoms with E-state index in [2.05, 4.69) is 0 Å². The van der Waals surface area contributed by atoms with Crippen molar-refractivity contribution in [3.63, 3.8) is 0 Å². The largest absolute Gasteiger partial charge is 0.497 e. The Hall–Kier alpha value is -1.51. The van der Waals surface area contributed by atoms with E-state index in [1.807, 2.05) is 18.2 Å². The van der Waals surface area contributed by atoms with Crippen LogP contribution >= 0.6 is 0 Å². The van der Waals surface area contributed by atoms with Gasteiger partial charge in [0, 0.05) is 0 Å². The zero-order valence-electron chi connectivity index (χ0n) is 8.69. The van der Waals surface area contributed by atoms with E-state index >= 15 is 0 Å². The van der Waals surface area contributed by atoms with E-state index in [-0.39, 0.29) is 5.92 Å². The molecule has 0 bridgehead atoms. The van der Waals surface area contributed by atoms with Crippen LogP contribution in [0.5, 0.6) is 5.75 Å². The van der Waals surface area contributed by atoms with Crippen molar-refractivity contribution in [1.29, 1.82) is 0 Å².